The van der Waals surface area contributed by atoms with Gasteiger partial charge in [0.15, 0.2) is 5.78 Å². The van der Waals surface area contributed by atoms with Gasteiger partial charge in [0, 0.05) is 28.7 Å². The van der Waals surface area contributed by atoms with E-state index < -0.39 is 0 Å². The van der Waals surface area contributed by atoms with Crippen molar-refractivity contribution in [3.8, 4) is 0 Å². The van der Waals surface area contributed by atoms with Crippen LogP contribution in [0.3, 0.4) is 0 Å². The van der Waals surface area contributed by atoms with Crippen molar-refractivity contribution < 1.29 is 4.79 Å². The third kappa shape index (κ3) is 5.40. The van der Waals surface area contributed by atoms with Crippen molar-refractivity contribution in [3.05, 3.63) is 64.1 Å². The number of hydrogen-bond donors (Lipinski definition) is 0. The van der Waals surface area contributed by atoms with Crippen molar-refractivity contribution in [1.29, 1.82) is 0 Å². The third-order valence-electron chi connectivity index (χ3n) is 6.41. The number of anilines is 1. The molecule has 1 saturated carbocycles. The minimum atomic E-state index is 0.153. The molecule has 0 aromatic heterocycles. The van der Waals surface area contributed by atoms with Gasteiger partial charge < -0.3 is 4.90 Å². The molecule has 3 nitrogen and oxygen atoms in total. The van der Waals surface area contributed by atoms with Crippen molar-refractivity contribution in [3.63, 3.8) is 0 Å². The lowest BCUT2D eigenvalue weighted by molar-refractivity contribution is 0.100. The monoisotopic (exact) mass is 466 g/mol. The summed E-state index contributed by atoms with van der Waals surface area (Å²) in [6.07, 6.45) is 11.0. The summed E-state index contributed by atoms with van der Waals surface area (Å²) in [5.74, 6) is 1.87. The summed E-state index contributed by atoms with van der Waals surface area (Å²) < 4.78 is 1.04. The van der Waals surface area contributed by atoms with Crippen molar-refractivity contribution in [2.75, 3.05) is 18.0 Å². The molecule has 1 fully saturated rings. The Morgan fingerprint density at radius 3 is 2.33 bits per heavy atom. The second-order valence-electron chi connectivity index (χ2n) is 8.55. The number of rotatable bonds is 5. The highest BCUT2D eigenvalue weighted by molar-refractivity contribution is 9.10. The van der Waals surface area contributed by atoms with E-state index in [1.807, 2.05) is 24.3 Å². The van der Waals surface area contributed by atoms with Crippen LogP contribution in [0.2, 0.25) is 0 Å². The molecular formula is C26H31BrN2O. The van der Waals surface area contributed by atoms with Crippen LogP contribution in [0, 0.1) is 0 Å². The maximum atomic E-state index is 13.2. The summed E-state index contributed by atoms with van der Waals surface area (Å²) in [6.45, 7) is 1.19. The molecule has 4 heteroatoms. The average molecular weight is 467 g/mol. The Balaban J connectivity index is 1.52. The summed E-state index contributed by atoms with van der Waals surface area (Å²) in [5.41, 5.74) is 3.22. The van der Waals surface area contributed by atoms with Crippen LogP contribution < -0.4 is 4.90 Å². The summed E-state index contributed by atoms with van der Waals surface area (Å²) in [6, 6.07) is 16.6. The van der Waals surface area contributed by atoms with Crippen LogP contribution in [0.15, 0.2) is 58.0 Å². The van der Waals surface area contributed by atoms with Crippen LogP contribution in [0.5, 0.6) is 0 Å². The molecular weight excluding hydrogens is 436 g/mol. The number of halogens is 1. The number of benzene rings is 2. The fraction of sp³-hybridized carbons (Fsp3) is 0.462. The number of amidine groups is 1. The number of aliphatic imine (C=N–C) groups is 1. The van der Waals surface area contributed by atoms with Crippen molar-refractivity contribution >= 4 is 33.2 Å². The van der Waals surface area contributed by atoms with E-state index in [-0.39, 0.29) is 5.78 Å². The largest absolute Gasteiger partial charge is 0.322 e. The quantitative estimate of drug-likeness (QED) is 0.437. The van der Waals surface area contributed by atoms with E-state index in [0.29, 0.717) is 12.5 Å². The van der Waals surface area contributed by atoms with Gasteiger partial charge in [-0.25, -0.2) is 0 Å². The standard InChI is InChI=1S/C26H31BrN2O/c27-23-14-16-24(17-15-23)29(26-9-5-2-6-18-28-26)19-25(30)22-12-10-21(11-13-22)20-7-3-1-4-8-20/h10-17,20H,1-9,18-19H2. The fourth-order valence-electron chi connectivity index (χ4n) is 4.64. The Kier molecular flexibility index (Phi) is 7.37. The van der Waals surface area contributed by atoms with Gasteiger partial charge in [-0.3, -0.25) is 9.79 Å². The van der Waals surface area contributed by atoms with Crippen molar-refractivity contribution in [1.82, 2.24) is 0 Å². The molecule has 0 bridgehead atoms. The number of hydrogen-bond acceptors (Lipinski definition) is 3. The first kappa shape index (κ1) is 21.3. The Labute approximate surface area is 188 Å². The van der Waals surface area contributed by atoms with E-state index in [1.165, 1.54) is 44.1 Å². The minimum Gasteiger partial charge on any atom is -0.322 e. The summed E-state index contributed by atoms with van der Waals surface area (Å²) in [5, 5.41) is 0. The van der Waals surface area contributed by atoms with Gasteiger partial charge in [-0.2, -0.15) is 0 Å². The lowest BCUT2D eigenvalue weighted by atomic mass is 9.84. The highest BCUT2D eigenvalue weighted by Gasteiger charge is 2.20. The van der Waals surface area contributed by atoms with Gasteiger partial charge in [-0.05, 0) is 61.4 Å². The zero-order valence-electron chi connectivity index (χ0n) is 17.7. The van der Waals surface area contributed by atoms with Crippen LogP contribution in [0.1, 0.15) is 79.6 Å². The van der Waals surface area contributed by atoms with Gasteiger partial charge in [0.05, 0.1) is 6.54 Å². The number of carbonyl (C=O) groups excluding carboxylic acids is 1. The van der Waals surface area contributed by atoms with Gasteiger partial charge in [0.25, 0.3) is 0 Å². The molecule has 0 N–H and O–H groups in total. The molecule has 2 aromatic carbocycles. The third-order valence-corrected chi connectivity index (χ3v) is 6.94. The van der Waals surface area contributed by atoms with Crippen LogP contribution in [-0.2, 0) is 0 Å². The summed E-state index contributed by atoms with van der Waals surface area (Å²) in [4.78, 5) is 20.1. The van der Waals surface area contributed by atoms with Gasteiger partial charge in [0.1, 0.15) is 5.84 Å². The predicted octanol–water partition coefficient (Wildman–Crippen LogP) is 7.16. The number of ketones is 1. The molecule has 4 rings (SSSR count). The predicted molar refractivity (Wildman–Crippen MR) is 129 cm³/mol. The molecule has 0 saturated heterocycles. The molecule has 2 aliphatic rings. The molecule has 1 heterocycles. The van der Waals surface area contributed by atoms with E-state index in [1.54, 1.807) is 0 Å². The van der Waals surface area contributed by atoms with Crippen LogP contribution in [-0.4, -0.2) is 24.7 Å². The van der Waals surface area contributed by atoms with Crippen LogP contribution >= 0.6 is 15.9 Å². The summed E-state index contributed by atoms with van der Waals surface area (Å²) in [7, 11) is 0. The summed E-state index contributed by atoms with van der Waals surface area (Å²) >= 11 is 3.51. The first-order valence-electron chi connectivity index (χ1n) is 11.4. The lowest BCUT2D eigenvalue weighted by Crippen LogP contribution is -2.36. The van der Waals surface area contributed by atoms with Crippen LogP contribution in [0.25, 0.3) is 0 Å². The Morgan fingerprint density at radius 2 is 1.60 bits per heavy atom. The molecule has 0 amide bonds. The van der Waals surface area contributed by atoms with E-state index in [2.05, 4.69) is 45.1 Å². The SMILES string of the molecule is O=C(CN(C1=NCCCCC1)c1ccc(Br)cc1)c1ccc(C2CCCCC2)cc1. The lowest BCUT2D eigenvalue weighted by Gasteiger charge is -2.26. The zero-order chi connectivity index (χ0) is 20.8. The van der Waals surface area contributed by atoms with Crippen LogP contribution in [0.4, 0.5) is 5.69 Å². The second-order valence-corrected chi connectivity index (χ2v) is 9.47. The fourth-order valence-corrected chi connectivity index (χ4v) is 4.91. The molecule has 30 heavy (non-hydrogen) atoms. The zero-order valence-corrected chi connectivity index (χ0v) is 19.2. The first-order valence-corrected chi connectivity index (χ1v) is 12.2. The molecule has 0 atom stereocenters. The van der Waals surface area contributed by atoms with Gasteiger partial charge in [0.2, 0.25) is 0 Å². The van der Waals surface area contributed by atoms with E-state index >= 15 is 0 Å². The van der Waals surface area contributed by atoms with Gasteiger partial charge in [-0.15, -0.1) is 0 Å². The molecule has 0 unspecified atom stereocenters. The van der Waals surface area contributed by atoms with Gasteiger partial charge >= 0.3 is 0 Å². The molecule has 1 aliphatic heterocycles. The molecule has 1 aliphatic carbocycles. The normalized spacial score (nSPS) is 17.8. The molecule has 158 valence electrons. The maximum absolute atomic E-state index is 13.2. The van der Waals surface area contributed by atoms with E-state index in [9.17, 15) is 4.79 Å². The van der Waals surface area contributed by atoms with E-state index in [0.717, 1.165) is 47.4 Å². The minimum absolute atomic E-state index is 0.153. The highest BCUT2D eigenvalue weighted by atomic mass is 79.9. The Bertz CT molecular complexity index is 867. The average Bonchev–Trinajstić information content (AvgIpc) is 3.08. The Hall–Kier alpha value is -1.94. The maximum Gasteiger partial charge on any atom is 0.182 e. The topological polar surface area (TPSA) is 32.7 Å². The Morgan fingerprint density at radius 1 is 0.900 bits per heavy atom. The van der Waals surface area contributed by atoms with Crippen molar-refractivity contribution in [2.45, 2.75) is 63.7 Å². The van der Waals surface area contributed by atoms with Crippen molar-refractivity contribution in [2.24, 2.45) is 4.99 Å². The molecule has 0 spiro atoms. The first-order chi connectivity index (χ1) is 14.7. The van der Waals surface area contributed by atoms with Gasteiger partial charge in [-0.1, -0.05) is 65.9 Å². The second kappa shape index (κ2) is 10.4. The number of carbonyl (C=O) groups is 1. The smallest absolute Gasteiger partial charge is 0.182 e. The number of nitrogens with zero attached hydrogens (tertiary/aromatic N) is 2. The molecule has 0 radical (unpaired) electrons. The molecule has 2 aromatic rings. The van der Waals surface area contributed by atoms with E-state index in [4.69, 9.17) is 4.99 Å². The number of Topliss-reactive ketones (excluding diaryl/α,β-unsaturated/α-hetero) is 1. The highest BCUT2D eigenvalue weighted by Crippen LogP contribution is 2.32.